The summed E-state index contributed by atoms with van der Waals surface area (Å²) >= 11 is 0. The Balaban J connectivity index is 3.22. The lowest BCUT2D eigenvalue weighted by molar-refractivity contribution is 0.939. The Morgan fingerprint density at radius 1 is 1.45 bits per heavy atom. The van der Waals surface area contributed by atoms with E-state index < -0.39 is 0 Å². The molecule has 0 aliphatic rings. The van der Waals surface area contributed by atoms with Crippen LogP contribution in [-0.2, 0) is 0 Å². The van der Waals surface area contributed by atoms with Crippen LogP contribution in [0, 0.1) is 13.8 Å². The molecule has 0 amide bonds. The minimum Gasteiger partial charge on any atom is -0.156 e. The Kier molecular flexibility index (Phi) is 2.03. The fourth-order valence-electron chi connectivity index (χ4n) is 0.686. The number of rotatable bonds is 1. The van der Waals surface area contributed by atoms with Crippen LogP contribution < -0.4 is 0 Å². The molecule has 5 nitrogen and oxygen atoms in total. The number of aromatic nitrogens is 2. The van der Waals surface area contributed by atoms with Crippen LogP contribution in [0.2, 0.25) is 0 Å². The van der Waals surface area contributed by atoms with Crippen molar-refractivity contribution in [1.29, 1.82) is 0 Å². The molecule has 0 atom stereocenters. The third kappa shape index (κ3) is 1.65. The van der Waals surface area contributed by atoms with Crippen molar-refractivity contribution in [1.82, 2.24) is 10.2 Å². The Hall–Kier alpha value is -1.61. The summed E-state index contributed by atoms with van der Waals surface area (Å²) in [5.74, 6) is 0. The van der Waals surface area contributed by atoms with Gasteiger partial charge in [-0.1, -0.05) is 5.11 Å². The summed E-state index contributed by atoms with van der Waals surface area (Å²) in [7, 11) is 0. The van der Waals surface area contributed by atoms with E-state index in [0.717, 1.165) is 5.69 Å². The molecule has 0 spiro atoms. The number of azide groups is 1. The van der Waals surface area contributed by atoms with E-state index in [1.54, 1.807) is 19.9 Å². The van der Waals surface area contributed by atoms with Gasteiger partial charge in [0.1, 0.15) is 0 Å². The van der Waals surface area contributed by atoms with Crippen LogP contribution in [0.5, 0.6) is 0 Å². The van der Waals surface area contributed by atoms with Gasteiger partial charge in [-0.2, -0.15) is 10.2 Å². The summed E-state index contributed by atoms with van der Waals surface area (Å²) in [5.41, 5.74) is 10.1. The zero-order chi connectivity index (χ0) is 8.27. The molecule has 0 radical (unpaired) electrons. The zero-order valence-corrected chi connectivity index (χ0v) is 6.31. The van der Waals surface area contributed by atoms with Gasteiger partial charge in [0.25, 0.3) is 0 Å². The van der Waals surface area contributed by atoms with E-state index in [2.05, 4.69) is 20.2 Å². The molecule has 11 heavy (non-hydrogen) atoms. The maximum absolute atomic E-state index is 8.15. The molecule has 1 aromatic rings. The molecule has 0 aliphatic carbocycles. The van der Waals surface area contributed by atoms with Crippen LogP contribution in [0.25, 0.3) is 10.4 Å². The summed E-state index contributed by atoms with van der Waals surface area (Å²) in [6, 6.07) is 1.70. The fraction of sp³-hybridized carbons (Fsp3) is 0.333. The van der Waals surface area contributed by atoms with Crippen LogP contribution in [0.1, 0.15) is 11.4 Å². The van der Waals surface area contributed by atoms with Crippen LogP contribution >= 0.6 is 0 Å². The van der Waals surface area contributed by atoms with E-state index in [0.29, 0.717) is 11.4 Å². The molecule has 1 aromatic heterocycles. The lowest BCUT2D eigenvalue weighted by Gasteiger charge is -1.95. The largest absolute Gasteiger partial charge is 0.156 e. The molecule has 0 bridgehead atoms. The number of aryl methyl sites for hydroxylation is 2. The molecule has 1 rings (SSSR count). The lowest BCUT2D eigenvalue weighted by Crippen LogP contribution is -1.88. The van der Waals surface area contributed by atoms with Crippen molar-refractivity contribution in [3.8, 4) is 0 Å². The standard InChI is InChI=1S/C6H7N5/c1-4-3-6(10-11-7)5(2)9-8-4/h3H,1-2H3. The Labute approximate surface area is 63.7 Å². The molecule has 0 aliphatic heterocycles. The predicted octanol–water partition coefficient (Wildman–Crippen LogP) is 2.04. The molecule has 0 unspecified atom stereocenters. The van der Waals surface area contributed by atoms with Crippen molar-refractivity contribution in [3.63, 3.8) is 0 Å². The quantitative estimate of drug-likeness (QED) is 0.348. The summed E-state index contributed by atoms with van der Waals surface area (Å²) in [5, 5.41) is 11.0. The first-order chi connectivity index (χ1) is 5.24. The molecule has 0 N–H and O–H groups in total. The second-order valence-corrected chi connectivity index (χ2v) is 2.15. The Bertz CT molecular complexity index is 313. The van der Waals surface area contributed by atoms with Crippen LogP contribution in [0.4, 0.5) is 5.69 Å². The van der Waals surface area contributed by atoms with Gasteiger partial charge in [-0.25, -0.2) is 0 Å². The van der Waals surface area contributed by atoms with E-state index in [4.69, 9.17) is 5.53 Å². The lowest BCUT2D eigenvalue weighted by atomic mass is 10.3. The van der Waals surface area contributed by atoms with Crippen LogP contribution in [0.3, 0.4) is 0 Å². The number of hydrogen-bond acceptors (Lipinski definition) is 3. The molecule has 56 valence electrons. The van der Waals surface area contributed by atoms with Gasteiger partial charge in [0.05, 0.1) is 17.1 Å². The topological polar surface area (TPSA) is 74.5 Å². The number of nitrogens with zero attached hydrogens (tertiary/aromatic N) is 5. The number of hydrogen-bond donors (Lipinski definition) is 0. The Morgan fingerprint density at radius 2 is 2.18 bits per heavy atom. The highest BCUT2D eigenvalue weighted by atomic mass is 15.2. The summed E-state index contributed by atoms with van der Waals surface area (Å²) < 4.78 is 0. The van der Waals surface area contributed by atoms with Crippen molar-refractivity contribution in [3.05, 3.63) is 27.9 Å². The summed E-state index contributed by atoms with van der Waals surface area (Å²) in [4.78, 5) is 2.67. The highest BCUT2D eigenvalue weighted by Gasteiger charge is 1.96. The normalized spacial score (nSPS) is 8.91. The smallest absolute Gasteiger partial charge is 0.0695 e. The van der Waals surface area contributed by atoms with Gasteiger partial charge in [0.2, 0.25) is 0 Å². The molecule has 0 aromatic carbocycles. The fourth-order valence-corrected chi connectivity index (χ4v) is 0.686. The van der Waals surface area contributed by atoms with Crippen molar-refractivity contribution >= 4 is 5.69 Å². The zero-order valence-electron chi connectivity index (χ0n) is 6.31. The van der Waals surface area contributed by atoms with Crippen molar-refractivity contribution < 1.29 is 0 Å². The third-order valence-electron chi connectivity index (χ3n) is 1.23. The average molecular weight is 149 g/mol. The van der Waals surface area contributed by atoms with Gasteiger partial charge < -0.3 is 0 Å². The van der Waals surface area contributed by atoms with E-state index in [1.165, 1.54) is 0 Å². The van der Waals surface area contributed by atoms with Gasteiger partial charge >= 0.3 is 0 Å². The minimum absolute atomic E-state index is 0.542. The summed E-state index contributed by atoms with van der Waals surface area (Å²) in [6.07, 6.45) is 0. The molecule has 0 saturated heterocycles. The first-order valence-corrected chi connectivity index (χ1v) is 3.10. The molecular formula is C6H7N5. The predicted molar refractivity (Wildman–Crippen MR) is 40.3 cm³/mol. The van der Waals surface area contributed by atoms with Crippen molar-refractivity contribution in [2.75, 3.05) is 0 Å². The van der Waals surface area contributed by atoms with Gasteiger partial charge in [-0.15, -0.1) is 0 Å². The minimum atomic E-state index is 0.542. The Morgan fingerprint density at radius 3 is 2.82 bits per heavy atom. The first kappa shape index (κ1) is 7.50. The first-order valence-electron chi connectivity index (χ1n) is 3.10. The molecule has 5 heteroatoms. The maximum Gasteiger partial charge on any atom is 0.0695 e. The molecular weight excluding hydrogens is 142 g/mol. The highest BCUT2D eigenvalue weighted by Crippen LogP contribution is 2.15. The molecule has 1 heterocycles. The summed E-state index contributed by atoms with van der Waals surface area (Å²) in [6.45, 7) is 3.54. The third-order valence-corrected chi connectivity index (χ3v) is 1.23. The second-order valence-electron chi connectivity index (χ2n) is 2.15. The van der Waals surface area contributed by atoms with E-state index in [1.807, 2.05) is 0 Å². The molecule has 0 saturated carbocycles. The van der Waals surface area contributed by atoms with Gasteiger partial charge in [0, 0.05) is 4.91 Å². The van der Waals surface area contributed by atoms with Crippen LogP contribution in [-0.4, -0.2) is 10.2 Å². The maximum atomic E-state index is 8.15. The monoisotopic (exact) mass is 149 g/mol. The van der Waals surface area contributed by atoms with Gasteiger partial charge in [0.15, 0.2) is 0 Å². The second kappa shape index (κ2) is 2.98. The van der Waals surface area contributed by atoms with Crippen LogP contribution in [0.15, 0.2) is 11.2 Å². The van der Waals surface area contributed by atoms with Crippen molar-refractivity contribution in [2.45, 2.75) is 13.8 Å². The highest BCUT2D eigenvalue weighted by molar-refractivity contribution is 5.40. The van der Waals surface area contributed by atoms with Gasteiger partial charge in [-0.05, 0) is 25.4 Å². The molecule has 0 fully saturated rings. The van der Waals surface area contributed by atoms with E-state index in [9.17, 15) is 0 Å². The van der Waals surface area contributed by atoms with Crippen molar-refractivity contribution in [2.24, 2.45) is 5.11 Å². The average Bonchev–Trinajstić information content (AvgIpc) is 1.98. The van der Waals surface area contributed by atoms with E-state index >= 15 is 0 Å². The van der Waals surface area contributed by atoms with E-state index in [-0.39, 0.29) is 0 Å². The SMILES string of the molecule is Cc1cc(N=[N+]=[N-])c(C)nn1. The van der Waals surface area contributed by atoms with Gasteiger partial charge in [-0.3, -0.25) is 0 Å².